The van der Waals surface area contributed by atoms with Crippen LogP contribution in [0.4, 0.5) is 4.79 Å². The first-order valence-electron chi connectivity index (χ1n) is 6.69. The van der Waals surface area contributed by atoms with Crippen molar-refractivity contribution in [1.29, 1.82) is 0 Å². The second kappa shape index (κ2) is 5.49. The maximum Gasteiger partial charge on any atom is 0.417 e. The summed E-state index contributed by atoms with van der Waals surface area (Å²) in [5.41, 5.74) is 0.777. The van der Waals surface area contributed by atoms with E-state index in [1.165, 1.54) is 4.90 Å². The van der Waals surface area contributed by atoms with Gasteiger partial charge in [0.1, 0.15) is 5.60 Å². The molecule has 1 aromatic rings. The van der Waals surface area contributed by atoms with E-state index in [2.05, 4.69) is 0 Å². The summed E-state index contributed by atoms with van der Waals surface area (Å²) in [5, 5.41) is 0. The van der Waals surface area contributed by atoms with Gasteiger partial charge in [-0.3, -0.25) is 4.79 Å². The Kier molecular flexibility index (Phi) is 3.93. The molecule has 106 valence electrons. The Bertz CT molecular complexity index is 541. The molecule has 0 bridgehead atoms. The van der Waals surface area contributed by atoms with Gasteiger partial charge in [-0.05, 0) is 32.8 Å². The highest BCUT2D eigenvalue weighted by molar-refractivity contribution is 6.23. The highest BCUT2D eigenvalue weighted by Crippen LogP contribution is 2.23. The minimum atomic E-state index is -0.606. The number of carbonyl (C=O) groups is 2. The normalized spacial score (nSPS) is 15.8. The third-order valence-corrected chi connectivity index (χ3v) is 2.88. The summed E-state index contributed by atoms with van der Waals surface area (Å²) in [7, 11) is 0. The molecule has 1 aliphatic rings. The van der Waals surface area contributed by atoms with Crippen molar-refractivity contribution in [2.75, 3.05) is 6.54 Å². The van der Waals surface area contributed by atoms with Crippen LogP contribution in [0.1, 0.15) is 32.8 Å². The first kappa shape index (κ1) is 14.3. The van der Waals surface area contributed by atoms with Crippen molar-refractivity contribution >= 4 is 17.6 Å². The van der Waals surface area contributed by atoms with E-state index in [0.717, 1.165) is 5.56 Å². The number of hydrogen-bond donors (Lipinski definition) is 0. The average molecular weight is 273 g/mol. The van der Waals surface area contributed by atoms with E-state index in [9.17, 15) is 9.59 Å². The summed E-state index contributed by atoms with van der Waals surface area (Å²) in [4.78, 5) is 25.6. The lowest BCUT2D eigenvalue weighted by Crippen LogP contribution is -2.43. The van der Waals surface area contributed by atoms with Crippen molar-refractivity contribution in [2.45, 2.75) is 32.8 Å². The van der Waals surface area contributed by atoms with Crippen molar-refractivity contribution in [2.24, 2.45) is 0 Å². The SMILES string of the molecule is CC(C)(C)OC(=O)N1CCC=C(c2ccccc2)C1=O. The molecule has 2 amide bonds. The number of amides is 2. The molecule has 0 atom stereocenters. The van der Waals surface area contributed by atoms with E-state index >= 15 is 0 Å². The smallest absolute Gasteiger partial charge is 0.417 e. The molecule has 4 heteroatoms. The van der Waals surface area contributed by atoms with Gasteiger partial charge in [-0.2, -0.15) is 0 Å². The van der Waals surface area contributed by atoms with E-state index < -0.39 is 11.7 Å². The third-order valence-electron chi connectivity index (χ3n) is 2.88. The maximum absolute atomic E-state index is 12.4. The Balaban J connectivity index is 2.19. The molecule has 0 aliphatic carbocycles. The zero-order chi connectivity index (χ0) is 14.8. The summed E-state index contributed by atoms with van der Waals surface area (Å²) in [5.74, 6) is -0.295. The molecular weight excluding hydrogens is 254 g/mol. The van der Waals surface area contributed by atoms with Crippen LogP contribution in [0.3, 0.4) is 0 Å². The highest BCUT2D eigenvalue weighted by atomic mass is 16.6. The molecule has 0 fully saturated rings. The largest absolute Gasteiger partial charge is 0.443 e. The molecule has 0 spiro atoms. The van der Waals surface area contributed by atoms with E-state index in [1.807, 2.05) is 36.4 Å². The molecule has 0 N–H and O–H groups in total. The fraction of sp³-hybridized carbons (Fsp3) is 0.375. The molecule has 4 nitrogen and oxygen atoms in total. The van der Waals surface area contributed by atoms with Crippen molar-refractivity contribution in [3.05, 3.63) is 42.0 Å². The van der Waals surface area contributed by atoms with E-state index in [-0.39, 0.29) is 5.91 Å². The number of carbonyl (C=O) groups excluding carboxylic acids is 2. The van der Waals surface area contributed by atoms with Crippen LogP contribution in [0.2, 0.25) is 0 Å². The standard InChI is InChI=1S/C16H19NO3/c1-16(2,3)20-15(19)17-11-7-10-13(14(17)18)12-8-5-4-6-9-12/h4-6,8-10H,7,11H2,1-3H3. The van der Waals surface area contributed by atoms with Crippen LogP contribution in [0.15, 0.2) is 36.4 Å². The molecule has 0 radical (unpaired) electrons. The van der Waals surface area contributed by atoms with Crippen LogP contribution in [-0.4, -0.2) is 29.0 Å². The van der Waals surface area contributed by atoms with Crippen molar-refractivity contribution in [3.8, 4) is 0 Å². The van der Waals surface area contributed by atoms with Crippen LogP contribution in [-0.2, 0) is 9.53 Å². The first-order valence-corrected chi connectivity index (χ1v) is 6.69. The quantitative estimate of drug-likeness (QED) is 0.789. The Morgan fingerprint density at radius 3 is 2.45 bits per heavy atom. The van der Waals surface area contributed by atoms with Crippen molar-refractivity contribution in [3.63, 3.8) is 0 Å². The van der Waals surface area contributed by atoms with E-state index in [0.29, 0.717) is 18.5 Å². The number of rotatable bonds is 1. The molecule has 20 heavy (non-hydrogen) atoms. The Hall–Kier alpha value is -2.10. The van der Waals surface area contributed by atoms with Crippen molar-refractivity contribution < 1.29 is 14.3 Å². The zero-order valence-corrected chi connectivity index (χ0v) is 12.1. The summed E-state index contributed by atoms with van der Waals surface area (Å²) in [6.07, 6.45) is 1.94. The predicted molar refractivity (Wildman–Crippen MR) is 77.0 cm³/mol. The van der Waals surface area contributed by atoms with Gasteiger partial charge in [-0.15, -0.1) is 0 Å². The molecule has 0 saturated heterocycles. The van der Waals surface area contributed by atoms with Crippen LogP contribution in [0.5, 0.6) is 0 Å². The van der Waals surface area contributed by atoms with Crippen LogP contribution < -0.4 is 0 Å². The molecule has 1 aliphatic heterocycles. The Morgan fingerprint density at radius 1 is 1.20 bits per heavy atom. The lowest BCUT2D eigenvalue weighted by molar-refractivity contribution is -0.124. The lowest BCUT2D eigenvalue weighted by atomic mass is 10.0. The first-order chi connectivity index (χ1) is 9.38. The van der Waals surface area contributed by atoms with E-state index in [1.54, 1.807) is 20.8 Å². The molecule has 1 heterocycles. The van der Waals surface area contributed by atoms with Gasteiger partial charge < -0.3 is 4.74 Å². The van der Waals surface area contributed by atoms with Gasteiger partial charge in [0.15, 0.2) is 0 Å². The van der Waals surface area contributed by atoms with Gasteiger partial charge in [0, 0.05) is 12.1 Å². The summed E-state index contributed by atoms with van der Waals surface area (Å²) >= 11 is 0. The monoisotopic (exact) mass is 273 g/mol. The van der Waals surface area contributed by atoms with Crippen LogP contribution in [0, 0.1) is 0 Å². The van der Waals surface area contributed by atoms with Crippen LogP contribution in [0.25, 0.3) is 5.57 Å². The number of hydrogen-bond acceptors (Lipinski definition) is 3. The second-order valence-electron chi connectivity index (χ2n) is 5.71. The third kappa shape index (κ3) is 3.26. The lowest BCUT2D eigenvalue weighted by Gasteiger charge is -2.28. The topological polar surface area (TPSA) is 46.6 Å². The molecule has 1 aromatic carbocycles. The van der Waals surface area contributed by atoms with Gasteiger partial charge in [-0.1, -0.05) is 36.4 Å². The molecule has 0 unspecified atom stereocenters. The zero-order valence-electron chi connectivity index (χ0n) is 12.1. The molecule has 0 aromatic heterocycles. The molecule has 2 rings (SSSR count). The minimum absolute atomic E-state index is 0.295. The second-order valence-corrected chi connectivity index (χ2v) is 5.71. The summed E-state index contributed by atoms with van der Waals surface area (Å²) in [6, 6.07) is 9.36. The molecular formula is C16H19NO3. The Labute approximate surface area is 119 Å². The maximum atomic E-state index is 12.4. The number of imide groups is 1. The summed E-state index contributed by atoms with van der Waals surface area (Å²) in [6.45, 7) is 5.72. The van der Waals surface area contributed by atoms with Gasteiger partial charge in [-0.25, -0.2) is 9.69 Å². The van der Waals surface area contributed by atoms with E-state index in [4.69, 9.17) is 4.74 Å². The minimum Gasteiger partial charge on any atom is -0.443 e. The fourth-order valence-corrected chi connectivity index (χ4v) is 2.02. The average Bonchev–Trinajstić information content (AvgIpc) is 2.38. The van der Waals surface area contributed by atoms with Crippen LogP contribution >= 0.6 is 0 Å². The predicted octanol–water partition coefficient (Wildman–Crippen LogP) is 3.24. The highest BCUT2D eigenvalue weighted by Gasteiger charge is 2.31. The van der Waals surface area contributed by atoms with Gasteiger partial charge >= 0.3 is 6.09 Å². The number of nitrogens with zero attached hydrogens (tertiary/aromatic N) is 1. The van der Waals surface area contributed by atoms with Gasteiger partial charge in [0.05, 0.1) is 0 Å². The fourth-order valence-electron chi connectivity index (χ4n) is 2.02. The number of ether oxygens (including phenoxy) is 1. The summed E-state index contributed by atoms with van der Waals surface area (Å²) < 4.78 is 5.27. The Morgan fingerprint density at radius 2 is 1.85 bits per heavy atom. The van der Waals surface area contributed by atoms with Gasteiger partial charge in [0.25, 0.3) is 5.91 Å². The van der Waals surface area contributed by atoms with Crippen molar-refractivity contribution in [1.82, 2.24) is 4.90 Å². The van der Waals surface area contributed by atoms with Gasteiger partial charge in [0.2, 0.25) is 0 Å². The number of benzene rings is 1. The molecule has 0 saturated carbocycles.